The van der Waals surface area contributed by atoms with Gasteiger partial charge in [0, 0.05) is 25.3 Å². The molecule has 0 aliphatic carbocycles. The summed E-state index contributed by atoms with van der Waals surface area (Å²) in [4.78, 5) is 16.4. The molecule has 1 saturated heterocycles. The van der Waals surface area contributed by atoms with E-state index in [1.165, 1.54) is 0 Å². The summed E-state index contributed by atoms with van der Waals surface area (Å²) >= 11 is 0. The van der Waals surface area contributed by atoms with Crippen LogP contribution in [0.5, 0.6) is 0 Å². The highest BCUT2D eigenvalue weighted by Gasteiger charge is 2.29. The molecule has 2 rings (SSSR count). The van der Waals surface area contributed by atoms with Gasteiger partial charge in [-0.1, -0.05) is 18.2 Å². The van der Waals surface area contributed by atoms with Gasteiger partial charge in [0.2, 0.25) is 5.91 Å². The molecule has 1 aromatic rings. The first-order valence-electron chi connectivity index (χ1n) is 6.34. The second-order valence-electron chi connectivity index (χ2n) is 5.05. The Hall–Kier alpha value is -1.39. The highest BCUT2D eigenvalue weighted by atomic mass is 16.2. The van der Waals surface area contributed by atoms with Gasteiger partial charge in [-0.25, -0.2) is 0 Å². The van der Waals surface area contributed by atoms with Gasteiger partial charge in [-0.15, -0.1) is 0 Å². The highest BCUT2D eigenvalue weighted by molar-refractivity contribution is 5.98. The number of benzene rings is 1. The van der Waals surface area contributed by atoms with Gasteiger partial charge in [-0.3, -0.25) is 4.79 Å². The Bertz CT molecular complexity index is 431. The van der Waals surface area contributed by atoms with Crippen LogP contribution in [0.3, 0.4) is 0 Å². The first kappa shape index (κ1) is 13.1. The second kappa shape index (κ2) is 5.50. The number of carbonyl (C=O) groups excluding carboxylic acids is 1. The Morgan fingerprint density at radius 3 is 2.78 bits per heavy atom. The number of para-hydroxylation sites is 1. The molecule has 18 heavy (non-hydrogen) atoms. The lowest BCUT2D eigenvalue weighted by atomic mass is 10.1. The van der Waals surface area contributed by atoms with E-state index in [2.05, 4.69) is 5.32 Å². The number of carbonyl (C=O) groups is 1. The number of rotatable bonds is 3. The van der Waals surface area contributed by atoms with Crippen LogP contribution < -0.4 is 10.2 Å². The van der Waals surface area contributed by atoms with Crippen molar-refractivity contribution in [3.05, 3.63) is 29.8 Å². The van der Waals surface area contributed by atoms with E-state index in [9.17, 15) is 4.79 Å². The van der Waals surface area contributed by atoms with Crippen LogP contribution in [0.2, 0.25) is 0 Å². The third-order valence-corrected chi connectivity index (χ3v) is 3.24. The van der Waals surface area contributed by atoms with Crippen LogP contribution in [-0.4, -0.2) is 50.6 Å². The summed E-state index contributed by atoms with van der Waals surface area (Å²) < 4.78 is 0. The van der Waals surface area contributed by atoms with Gasteiger partial charge in [-0.2, -0.15) is 0 Å². The third-order valence-electron chi connectivity index (χ3n) is 3.24. The fourth-order valence-electron chi connectivity index (χ4n) is 2.35. The van der Waals surface area contributed by atoms with Crippen LogP contribution in [-0.2, 0) is 4.79 Å². The molecule has 1 aliphatic heterocycles. The Kier molecular flexibility index (Phi) is 3.99. The van der Waals surface area contributed by atoms with E-state index in [-0.39, 0.29) is 11.9 Å². The average molecular weight is 247 g/mol. The second-order valence-corrected chi connectivity index (χ2v) is 5.05. The maximum atomic E-state index is 12.5. The Morgan fingerprint density at radius 1 is 1.39 bits per heavy atom. The van der Waals surface area contributed by atoms with Gasteiger partial charge in [0.1, 0.15) is 6.04 Å². The minimum Gasteiger partial charge on any atom is -0.309 e. The van der Waals surface area contributed by atoms with Crippen LogP contribution in [0.15, 0.2) is 24.3 Å². The average Bonchev–Trinajstić information content (AvgIpc) is 2.32. The number of hydrogen-bond acceptors (Lipinski definition) is 3. The van der Waals surface area contributed by atoms with Gasteiger partial charge < -0.3 is 15.1 Å². The number of hydrogen-bond donors (Lipinski definition) is 1. The van der Waals surface area contributed by atoms with E-state index in [0.29, 0.717) is 0 Å². The fraction of sp³-hybridized carbons (Fsp3) is 0.500. The predicted molar refractivity (Wildman–Crippen MR) is 73.9 cm³/mol. The Labute approximate surface area is 109 Å². The largest absolute Gasteiger partial charge is 0.309 e. The molecule has 1 amide bonds. The molecule has 0 saturated carbocycles. The summed E-state index contributed by atoms with van der Waals surface area (Å²) in [6, 6.07) is 7.95. The zero-order valence-corrected chi connectivity index (χ0v) is 11.3. The lowest BCUT2D eigenvalue weighted by Gasteiger charge is -2.35. The SMILES string of the molecule is Cc1ccccc1N1CCNC(CN(C)C)C1=O. The predicted octanol–water partition coefficient (Wildman–Crippen LogP) is 0.861. The molecule has 0 aromatic heterocycles. The number of likely N-dealkylation sites (N-methyl/N-ethyl adjacent to an activating group) is 1. The molecule has 1 heterocycles. The van der Waals surface area contributed by atoms with Gasteiger partial charge >= 0.3 is 0 Å². The zero-order valence-electron chi connectivity index (χ0n) is 11.3. The monoisotopic (exact) mass is 247 g/mol. The van der Waals surface area contributed by atoms with Crippen molar-refractivity contribution in [3.63, 3.8) is 0 Å². The first-order valence-corrected chi connectivity index (χ1v) is 6.34. The van der Waals surface area contributed by atoms with E-state index < -0.39 is 0 Å². The zero-order chi connectivity index (χ0) is 13.1. The lowest BCUT2D eigenvalue weighted by molar-refractivity contribution is -0.121. The van der Waals surface area contributed by atoms with Crippen molar-refractivity contribution in [2.24, 2.45) is 0 Å². The summed E-state index contributed by atoms with van der Waals surface area (Å²) in [6.45, 7) is 4.37. The number of anilines is 1. The van der Waals surface area contributed by atoms with E-state index in [1.807, 2.05) is 55.1 Å². The van der Waals surface area contributed by atoms with E-state index in [1.54, 1.807) is 0 Å². The topological polar surface area (TPSA) is 35.6 Å². The van der Waals surface area contributed by atoms with Crippen molar-refractivity contribution in [3.8, 4) is 0 Å². The van der Waals surface area contributed by atoms with E-state index >= 15 is 0 Å². The molecule has 1 unspecified atom stereocenters. The van der Waals surface area contributed by atoms with E-state index in [0.717, 1.165) is 30.9 Å². The normalized spacial score (nSPS) is 20.6. The van der Waals surface area contributed by atoms with Crippen LogP contribution in [0.1, 0.15) is 5.56 Å². The number of aryl methyl sites for hydroxylation is 1. The van der Waals surface area contributed by atoms with Gasteiger partial charge in [0.05, 0.1) is 0 Å². The molecule has 1 aromatic carbocycles. The molecule has 0 spiro atoms. The van der Waals surface area contributed by atoms with Gasteiger partial charge in [0.25, 0.3) is 0 Å². The summed E-state index contributed by atoms with van der Waals surface area (Å²) in [5.41, 5.74) is 2.18. The van der Waals surface area contributed by atoms with Crippen molar-refractivity contribution >= 4 is 11.6 Å². The van der Waals surface area contributed by atoms with Crippen molar-refractivity contribution in [1.82, 2.24) is 10.2 Å². The lowest BCUT2D eigenvalue weighted by Crippen LogP contribution is -2.58. The molecule has 98 valence electrons. The number of piperazine rings is 1. The molecule has 1 aliphatic rings. The van der Waals surface area contributed by atoms with Crippen LogP contribution in [0.4, 0.5) is 5.69 Å². The van der Waals surface area contributed by atoms with Gasteiger partial charge in [-0.05, 0) is 32.6 Å². The summed E-state index contributed by atoms with van der Waals surface area (Å²) in [5.74, 6) is 0.171. The van der Waals surface area contributed by atoms with Crippen LogP contribution >= 0.6 is 0 Å². The summed E-state index contributed by atoms with van der Waals surface area (Å²) in [5, 5.41) is 3.29. The maximum Gasteiger partial charge on any atom is 0.245 e. The van der Waals surface area contributed by atoms with Gasteiger partial charge in [0.15, 0.2) is 0 Å². The Balaban J connectivity index is 2.19. The van der Waals surface area contributed by atoms with Crippen molar-refractivity contribution < 1.29 is 4.79 Å². The molecule has 1 fully saturated rings. The van der Waals surface area contributed by atoms with E-state index in [4.69, 9.17) is 0 Å². The van der Waals surface area contributed by atoms with Crippen LogP contribution in [0, 0.1) is 6.92 Å². The molecule has 1 N–H and O–H groups in total. The van der Waals surface area contributed by atoms with Crippen molar-refractivity contribution in [2.45, 2.75) is 13.0 Å². The smallest absolute Gasteiger partial charge is 0.245 e. The minimum absolute atomic E-state index is 0.103. The van der Waals surface area contributed by atoms with Crippen LogP contribution in [0.25, 0.3) is 0 Å². The van der Waals surface area contributed by atoms with Crippen molar-refractivity contribution in [1.29, 1.82) is 0 Å². The molecule has 0 radical (unpaired) electrons. The first-order chi connectivity index (χ1) is 8.59. The van der Waals surface area contributed by atoms with Crippen molar-refractivity contribution in [2.75, 3.05) is 38.6 Å². The standard InChI is InChI=1S/C14H21N3O/c1-11-6-4-5-7-13(11)17-9-8-15-12(14(17)18)10-16(2)3/h4-7,12,15H,8-10H2,1-3H3. The number of nitrogens with zero attached hydrogens (tertiary/aromatic N) is 2. The molecule has 0 bridgehead atoms. The number of amides is 1. The number of nitrogens with one attached hydrogen (secondary N) is 1. The molecular weight excluding hydrogens is 226 g/mol. The maximum absolute atomic E-state index is 12.5. The summed E-state index contributed by atoms with van der Waals surface area (Å²) in [7, 11) is 3.98. The summed E-state index contributed by atoms with van der Waals surface area (Å²) in [6.07, 6.45) is 0. The minimum atomic E-state index is -0.103. The molecule has 4 heteroatoms. The molecule has 1 atom stereocenters. The third kappa shape index (κ3) is 2.71. The highest BCUT2D eigenvalue weighted by Crippen LogP contribution is 2.21. The molecule has 4 nitrogen and oxygen atoms in total. The molecular formula is C14H21N3O. The quantitative estimate of drug-likeness (QED) is 0.860. The Morgan fingerprint density at radius 2 is 2.11 bits per heavy atom. The fourth-order valence-corrected chi connectivity index (χ4v) is 2.35.